The number of hydrogen-bond donors (Lipinski definition) is 0. The zero-order valence-corrected chi connectivity index (χ0v) is 10.1. The highest BCUT2D eigenvalue weighted by atomic mass is 14.5. The fourth-order valence-corrected chi connectivity index (χ4v) is 3.88. The van der Waals surface area contributed by atoms with E-state index in [0.29, 0.717) is 11.8 Å². The standard InChI is InChI=1S/C16H20/c1-11-12(2)16(14-9-5-6-10-14)15(11)13-7-3-4-8-13/h3-16H,1-2H3/t11-,12-,15-,16+/m0/s1. The Balaban J connectivity index is 1.80. The molecule has 0 aliphatic heterocycles. The third kappa shape index (κ3) is 1.36. The second kappa shape index (κ2) is 3.76. The fraction of sp³-hybridized carbons (Fsp3) is 0.500. The number of hydrogen-bond acceptors (Lipinski definition) is 0. The van der Waals surface area contributed by atoms with Gasteiger partial charge in [-0.3, -0.25) is 0 Å². The lowest BCUT2D eigenvalue weighted by Gasteiger charge is -2.53. The van der Waals surface area contributed by atoms with Crippen molar-refractivity contribution in [3.8, 4) is 0 Å². The van der Waals surface area contributed by atoms with Crippen molar-refractivity contribution in [3.63, 3.8) is 0 Å². The van der Waals surface area contributed by atoms with Crippen LogP contribution in [0.5, 0.6) is 0 Å². The lowest BCUT2D eigenvalue weighted by atomic mass is 9.51. The molecule has 0 amide bonds. The molecular weight excluding hydrogens is 192 g/mol. The Morgan fingerprint density at radius 2 is 0.875 bits per heavy atom. The van der Waals surface area contributed by atoms with Crippen molar-refractivity contribution in [1.29, 1.82) is 0 Å². The molecule has 0 aromatic carbocycles. The Labute approximate surface area is 98.4 Å². The van der Waals surface area contributed by atoms with Crippen molar-refractivity contribution in [2.45, 2.75) is 13.8 Å². The zero-order chi connectivity index (χ0) is 11.1. The molecule has 0 bridgehead atoms. The van der Waals surface area contributed by atoms with Crippen LogP contribution >= 0.6 is 0 Å². The van der Waals surface area contributed by atoms with E-state index in [0.717, 1.165) is 23.7 Å². The van der Waals surface area contributed by atoms with Crippen LogP contribution in [0, 0.1) is 35.5 Å². The van der Waals surface area contributed by atoms with Crippen molar-refractivity contribution < 1.29 is 0 Å². The Bertz CT molecular complexity index is 321. The third-order valence-electron chi connectivity index (χ3n) is 4.93. The van der Waals surface area contributed by atoms with Gasteiger partial charge in [0, 0.05) is 0 Å². The van der Waals surface area contributed by atoms with Gasteiger partial charge in [-0.05, 0) is 35.5 Å². The molecule has 0 unspecified atom stereocenters. The molecule has 0 nitrogen and oxygen atoms in total. The van der Waals surface area contributed by atoms with Crippen LogP contribution in [-0.4, -0.2) is 0 Å². The summed E-state index contributed by atoms with van der Waals surface area (Å²) < 4.78 is 0. The van der Waals surface area contributed by atoms with E-state index in [1.807, 2.05) is 0 Å². The second-order valence-corrected chi connectivity index (χ2v) is 5.57. The van der Waals surface area contributed by atoms with E-state index in [-0.39, 0.29) is 0 Å². The Morgan fingerprint density at radius 3 is 1.19 bits per heavy atom. The number of rotatable bonds is 2. The van der Waals surface area contributed by atoms with Crippen molar-refractivity contribution in [2.75, 3.05) is 0 Å². The molecule has 0 radical (unpaired) electrons. The van der Waals surface area contributed by atoms with Crippen molar-refractivity contribution >= 4 is 0 Å². The second-order valence-electron chi connectivity index (χ2n) is 5.57. The maximum Gasteiger partial charge on any atom is -0.00132 e. The van der Waals surface area contributed by atoms with Gasteiger partial charge in [-0.15, -0.1) is 0 Å². The van der Waals surface area contributed by atoms with Gasteiger partial charge in [0.1, 0.15) is 0 Å². The van der Waals surface area contributed by atoms with Crippen molar-refractivity contribution in [2.24, 2.45) is 35.5 Å². The van der Waals surface area contributed by atoms with Crippen LogP contribution in [-0.2, 0) is 0 Å². The summed E-state index contributed by atoms with van der Waals surface area (Å²) in [6.45, 7) is 4.85. The summed E-state index contributed by atoms with van der Waals surface area (Å²) >= 11 is 0. The van der Waals surface area contributed by atoms with Crippen LogP contribution < -0.4 is 0 Å². The predicted octanol–water partition coefficient (Wildman–Crippen LogP) is 3.99. The molecule has 16 heavy (non-hydrogen) atoms. The summed E-state index contributed by atoms with van der Waals surface area (Å²) in [5, 5.41) is 0. The Hall–Kier alpha value is -1.04. The van der Waals surface area contributed by atoms with Gasteiger partial charge in [0.15, 0.2) is 0 Å². The van der Waals surface area contributed by atoms with Crippen molar-refractivity contribution in [1.82, 2.24) is 0 Å². The first-order valence-electron chi connectivity index (χ1n) is 6.49. The van der Waals surface area contributed by atoms with Gasteiger partial charge in [0.25, 0.3) is 0 Å². The summed E-state index contributed by atoms with van der Waals surface area (Å²) in [7, 11) is 0. The van der Waals surface area contributed by atoms with Crippen LogP contribution in [0.3, 0.4) is 0 Å². The summed E-state index contributed by atoms with van der Waals surface area (Å²) in [5.74, 6) is 4.82. The third-order valence-corrected chi connectivity index (χ3v) is 4.93. The van der Waals surface area contributed by atoms with E-state index in [4.69, 9.17) is 0 Å². The largest absolute Gasteiger partial charge is 0.0773 e. The molecule has 0 heteroatoms. The van der Waals surface area contributed by atoms with E-state index in [1.54, 1.807) is 0 Å². The molecule has 3 rings (SSSR count). The topological polar surface area (TPSA) is 0 Å². The van der Waals surface area contributed by atoms with Crippen LogP contribution in [0.4, 0.5) is 0 Å². The van der Waals surface area contributed by atoms with E-state index in [2.05, 4.69) is 62.5 Å². The zero-order valence-electron chi connectivity index (χ0n) is 10.1. The minimum atomic E-state index is 0.693. The van der Waals surface area contributed by atoms with Gasteiger partial charge in [-0.1, -0.05) is 62.5 Å². The van der Waals surface area contributed by atoms with Crippen molar-refractivity contribution in [3.05, 3.63) is 48.6 Å². The average molecular weight is 212 g/mol. The lowest BCUT2D eigenvalue weighted by molar-refractivity contribution is -0.0306. The number of allylic oxidation sites excluding steroid dienone is 8. The highest BCUT2D eigenvalue weighted by Crippen LogP contribution is 2.55. The molecule has 0 heterocycles. The minimum Gasteiger partial charge on any atom is -0.0773 e. The molecule has 84 valence electrons. The predicted molar refractivity (Wildman–Crippen MR) is 68.8 cm³/mol. The van der Waals surface area contributed by atoms with Gasteiger partial charge in [0.05, 0.1) is 0 Å². The molecule has 0 spiro atoms. The maximum absolute atomic E-state index is 2.42. The first-order valence-corrected chi connectivity index (χ1v) is 6.49. The monoisotopic (exact) mass is 212 g/mol. The lowest BCUT2D eigenvalue weighted by Crippen LogP contribution is -2.49. The van der Waals surface area contributed by atoms with E-state index in [9.17, 15) is 0 Å². The first kappa shape index (κ1) is 10.1. The van der Waals surface area contributed by atoms with Gasteiger partial charge < -0.3 is 0 Å². The van der Waals surface area contributed by atoms with Crippen LogP contribution in [0.15, 0.2) is 48.6 Å². The SMILES string of the molecule is C[C@H]1[C@H](C)[C@H](C2C=CC=C2)[C@@H]1C1C=CC=C1. The minimum absolute atomic E-state index is 0.693. The molecule has 0 N–H and O–H groups in total. The maximum atomic E-state index is 2.42. The molecule has 1 saturated carbocycles. The van der Waals surface area contributed by atoms with E-state index in [1.165, 1.54) is 0 Å². The smallest absolute Gasteiger partial charge is 0.00132 e. The van der Waals surface area contributed by atoms with Gasteiger partial charge in [0.2, 0.25) is 0 Å². The van der Waals surface area contributed by atoms with Gasteiger partial charge >= 0.3 is 0 Å². The molecule has 3 aliphatic carbocycles. The molecule has 4 atom stereocenters. The van der Waals surface area contributed by atoms with E-state index >= 15 is 0 Å². The van der Waals surface area contributed by atoms with Gasteiger partial charge in [-0.2, -0.15) is 0 Å². The highest BCUT2D eigenvalue weighted by Gasteiger charge is 2.49. The van der Waals surface area contributed by atoms with Crippen LogP contribution in [0.25, 0.3) is 0 Å². The quantitative estimate of drug-likeness (QED) is 0.649. The molecule has 0 aromatic rings. The normalized spacial score (nSPS) is 42.1. The average Bonchev–Trinajstić information content (AvgIpc) is 2.96. The summed E-state index contributed by atoms with van der Waals surface area (Å²) in [6, 6.07) is 0. The fourth-order valence-electron chi connectivity index (χ4n) is 3.88. The van der Waals surface area contributed by atoms with Crippen LogP contribution in [0.1, 0.15) is 13.8 Å². The molecule has 3 aliphatic rings. The molecule has 0 saturated heterocycles. The summed E-state index contributed by atoms with van der Waals surface area (Å²) in [4.78, 5) is 0. The summed E-state index contributed by atoms with van der Waals surface area (Å²) in [5.41, 5.74) is 0. The Kier molecular flexibility index (Phi) is 2.38. The van der Waals surface area contributed by atoms with Gasteiger partial charge in [-0.25, -0.2) is 0 Å². The molecular formula is C16H20. The summed E-state index contributed by atoms with van der Waals surface area (Å²) in [6.07, 6.45) is 18.3. The molecule has 0 aromatic heterocycles. The highest BCUT2D eigenvalue weighted by molar-refractivity contribution is 5.25. The Morgan fingerprint density at radius 1 is 0.562 bits per heavy atom. The van der Waals surface area contributed by atoms with Crippen LogP contribution in [0.2, 0.25) is 0 Å². The van der Waals surface area contributed by atoms with E-state index < -0.39 is 0 Å². The first-order chi connectivity index (χ1) is 7.79. The molecule has 1 fully saturated rings.